The summed E-state index contributed by atoms with van der Waals surface area (Å²) >= 11 is 0. The quantitative estimate of drug-likeness (QED) is 0.656. The lowest BCUT2D eigenvalue weighted by Gasteiger charge is -2.05. The van der Waals surface area contributed by atoms with Crippen LogP contribution < -0.4 is 5.32 Å². The predicted molar refractivity (Wildman–Crippen MR) is 72.2 cm³/mol. The number of nitrogens with zero attached hydrogens (tertiary/aromatic N) is 1. The molecule has 1 heterocycles. The summed E-state index contributed by atoms with van der Waals surface area (Å²) in [5.74, 6) is -0.202. The summed E-state index contributed by atoms with van der Waals surface area (Å²) in [7, 11) is 0. The summed E-state index contributed by atoms with van der Waals surface area (Å²) in [5.41, 5.74) is 1.93. The van der Waals surface area contributed by atoms with Gasteiger partial charge in [0, 0.05) is 16.6 Å². The van der Waals surface area contributed by atoms with E-state index in [9.17, 15) is 9.90 Å². The van der Waals surface area contributed by atoms with Crippen molar-refractivity contribution in [3.05, 3.63) is 54.2 Å². The summed E-state index contributed by atoms with van der Waals surface area (Å²) in [6.07, 6.45) is 1.72. The van der Waals surface area contributed by atoms with Crippen molar-refractivity contribution in [2.75, 3.05) is 5.32 Å². The molecule has 5 nitrogen and oxygen atoms in total. The zero-order valence-corrected chi connectivity index (χ0v) is 9.92. The highest BCUT2D eigenvalue weighted by molar-refractivity contribution is 6.05. The number of aromatic nitrogens is 2. The highest BCUT2D eigenvalue weighted by Gasteiger charge is 2.07. The van der Waals surface area contributed by atoms with Gasteiger partial charge in [0.25, 0.3) is 5.91 Å². The van der Waals surface area contributed by atoms with Crippen LogP contribution in [0.2, 0.25) is 0 Å². The number of benzene rings is 2. The molecule has 0 aliphatic rings. The second-order valence-electron chi connectivity index (χ2n) is 4.18. The minimum Gasteiger partial charge on any atom is -0.508 e. The van der Waals surface area contributed by atoms with Gasteiger partial charge in [0.1, 0.15) is 5.75 Å². The third kappa shape index (κ3) is 2.26. The van der Waals surface area contributed by atoms with Crippen molar-refractivity contribution in [1.82, 2.24) is 10.2 Å². The van der Waals surface area contributed by atoms with Gasteiger partial charge in [-0.2, -0.15) is 5.10 Å². The van der Waals surface area contributed by atoms with E-state index in [-0.39, 0.29) is 11.7 Å². The average molecular weight is 253 g/mol. The van der Waals surface area contributed by atoms with Gasteiger partial charge >= 0.3 is 0 Å². The molecule has 1 aromatic heterocycles. The molecule has 0 atom stereocenters. The molecule has 0 spiro atoms. The van der Waals surface area contributed by atoms with Crippen molar-refractivity contribution in [3.63, 3.8) is 0 Å². The first-order chi connectivity index (χ1) is 9.22. The first kappa shape index (κ1) is 11.3. The summed E-state index contributed by atoms with van der Waals surface area (Å²) < 4.78 is 0. The number of fused-ring (bicyclic) bond motifs is 1. The van der Waals surface area contributed by atoms with E-state index < -0.39 is 0 Å². The number of phenolic OH excluding ortho intramolecular Hbond substituents is 1. The van der Waals surface area contributed by atoms with E-state index in [1.807, 2.05) is 12.1 Å². The Kier molecular flexibility index (Phi) is 2.64. The smallest absolute Gasteiger partial charge is 0.255 e. The molecule has 2 aromatic carbocycles. The number of nitrogens with one attached hydrogen (secondary N) is 2. The normalized spacial score (nSPS) is 10.5. The van der Waals surface area contributed by atoms with Gasteiger partial charge in [0.05, 0.1) is 11.7 Å². The maximum absolute atomic E-state index is 12.0. The Morgan fingerprint density at radius 2 is 2.11 bits per heavy atom. The average Bonchev–Trinajstić information content (AvgIpc) is 2.86. The predicted octanol–water partition coefficient (Wildman–Crippen LogP) is 2.52. The molecule has 94 valence electrons. The van der Waals surface area contributed by atoms with Crippen LogP contribution >= 0.6 is 0 Å². The molecule has 3 aromatic rings. The van der Waals surface area contributed by atoms with Gasteiger partial charge in [-0.1, -0.05) is 6.07 Å². The van der Waals surface area contributed by atoms with Gasteiger partial charge in [-0.05, 0) is 36.4 Å². The van der Waals surface area contributed by atoms with Crippen molar-refractivity contribution in [1.29, 1.82) is 0 Å². The van der Waals surface area contributed by atoms with Gasteiger partial charge in [-0.25, -0.2) is 0 Å². The Morgan fingerprint density at radius 1 is 1.21 bits per heavy atom. The van der Waals surface area contributed by atoms with Crippen LogP contribution in [0.25, 0.3) is 10.9 Å². The number of aromatic hydroxyl groups is 1. The Labute approximate surface area is 108 Å². The first-order valence-electron chi connectivity index (χ1n) is 5.76. The fourth-order valence-corrected chi connectivity index (χ4v) is 1.87. The van der Waals surface area contributed by atoms with Crippen LogP contribution in [0.1, 0.15) is 10.4 Å². The number of amides is 1. The number of carbonyl (C=O) groups is 1. The number of H-pyrrole nitrogens is 1. The number of hydrogen-bond donors (Lipinski definition) is 3. The van der Waals surface area contributed by atoms with Gasteiger partial charge in [-0.3, -0.25) is 9.89 Å². The van der Waals surface area contributed by atoms with E-state index in [2.05, 4.69) is 15.5 Å². The fraction of sp³-hybridized carbons (Fsp3) is 0. The third-order valence-electron chi connectivity index (χ3n) is 2.81. The van der Waals surface area contributed by atoms with Crippen LogP contribution in [0.4, 0.5) is 5.69 Å². The van der Waals surface area contributed by atoms with Crippen molar-refractivity contribution < 1.29 is 9.90 Å². The van der Waals surface area contributed by atoms with E-state index in [0.29, 0.717) is 11.3 Å². The number of aromatic amines is 1. The SMILES string of the molecule is O=C(Nc1ccc2cn[nH]c2c1)c1cccc(O)c1. The number of carbonyl (C=O) groups excluding carboxylic acids is 1. The fourth-order valence-electron chi connectivity index (χ4n) is 1.87. The van der Waals surface area contributed by atoms with Crippen molar-refractivity contribution in [2.24, 2.45) is 0 Å². The van der Waals surface area contributed by atoms with Crippen LogP contribution in [-0.4, -0.2) is 21.2 Å². The molecule has 0 fully saturated rings. The summed E-state index contributed by atoms with van der Waals surface area (Å²) in [6.45, 7) is 0. The number of rotatable bonds is 2. The van der Waals surface area contributed by atoms with Crippen LogP contribution in [0.15, 0.2) is 48.7 Å². The maximum atomic E-state index is 12.0. The molecule has 1 amide bonds. The van der Waals surface area contributed by atoms with Crippen molar-refractivity contribution >= 4 is 22.5 Å². The van der Waals surface area contributed by atoms with Crippen molar-refractivity contribution in [2.45, 2.75) is 0 Å². The lowest BCUT2D eigenvalue weighted by Crippen LogP contribution is -2.11. The molecule has 19 heavy (non-hydrogen) atoms. The minimum atomic E-state index is -0.269. The number of hydrogen-bond acceptors (Lipinski definition) is 3. The highest BCUT2D eigenvalue weighted by atomic mass is 16.3. The molecule has 3 rings (SSSR count). The molecule has 0 bridgehead atoms. The monoisotopic (exact) mass is 253 g/mol. The summed E-state index contributed by atoms with van der Waals surface area (Å²) in [6, 6.07) is 11.7. The lowest BCUT2D eigenvalue weighted by atomic mass is 10.2. The minimum absolute atomic E-state index is 0.0664. The topological polar surface area (TPSA) is 78.0 Å². The van der Waals surface area contributed by atoms with E-state index >= 15 is 0 Å². The zero-order valence-electron chi connectivity index (χ0n) is 9.92. The van der Waals surface area contributed by atoms with Gasteiger partial charge < -0.3 is 10.4 Å². The lowest BCUT2D eigenvalue weighted by molar-refractivity contribution is 0.102. The van der Waals surface area contributed by atoms with E-state index in [1.54, 1.807) is 24.4 Å². The molecule has 0 saturated heterocycles. The Hall–Kier alpha value is -2.82. The van der Waals surface area contributed by atoms with Gasteiger partial charge in [0.2, 0.25) is 0 Å². The molecule has 0 unspecified atom stereocenters. The number of phenols is 1. The van der Waals surface area contributed by atoms with Crippen LogP contribution in [-0.2, 0) is 0 Å². The second-order valence-corrected chi connectivity index (χ2v) is 4.18. The van der Waals surface area contributed by atoms with Crippen LogP contribution in [0, 0.1) is 0 Å². The van der Waals surface area contributed by atoms with Crippen molar-refractivity contribution in [3.8, 4) is 5.75 Å². The van der Waals surface area contributed by atoms with Gasteiger partial charge in [-0.15, -0.1) is 0 Å². The molecular formula is C14H11N3O2. The Bertz CT molecular complexity index is 749. The molecule has 0 saturated carbocycles. The molecule has 0 aliphatic carbocycles. The summed E-state index contributed by atoms with van der Waals surface area (Å²) in [5, 5.41) is 19.9. The van der Waals surface area contributed by atoms with Crippen LogP contribution in [0.5, 0.6) is 5.75 Å². The molecule has 0 radical (unpaired) electrons. The van der Waals surface area contributed by atoms with E-state index in [0.717, 1.165) is 10.9 Å². The van der Waals surface area contributed by atoms with Crippen LogP contribution in [0.3, 0.4) is 0 Å². The Balaban J connectivity index is 1.86. The molecular weight excluding hydrogens is 242 g/mol. The molecule has 3 N–H and O–H groups in total. The van der Waals surface area contributed by atoms with E-state index in [4.69, 9.17) is 0 Å². The largest absolute Gasteiger partial charge is 0.508 e. The second kappa shape index (κ2) is 4.45. The summed E-state index contributed by atoms with van der Waals surface area (Å²) in [4.78, 5) is 12.0. The highest BCUT2D eigenvalue weighted by Crippen LogP contribution is 2.18. The zero-order chi connectivity index (χ0) is 13.2. The maximum Gasteiger partial charge on any atom is 0.255 e. The Morgan fingerprint density at radius 3 is 2.95 bits per heavy atom. The van der Waals surface area contributed by atoms with Gasteiger partial charge in [0.15, 0.2) is 0 Å². The molecule has 0 aliphatic heterocycles. The standard InChI is InChI=1S/C14H11N3O2/c18-12-3-1-2-9(6-12)14(19)16-11-5-4-10-8-15-17-13(10)7-11/h1-8,18H,(H,15,17)(H,16,19). The first-order valence-corrected chi connectivity index (χ1v) is 5.76. The number of anilines is 1. The third-order valence-corrected chi connectivity index (χ3v) is 2.81. The molecule has 5 heteroatoms. The van der Waals surface area contributed by atoms with E-state index in [1.165, 1.54) is 12.1 Å².